The van der Waals surface area contributed by atoms with E-state index in [0.29, 0.717) is 6.61 Å². The number of benzene rings is 3. The van der Waals surface area contributed by atoms with Crippen molar-refractivity contribution in [3.8, 4) is 16.9 Å². The van der Waals surface area contributed by atoms with Gasteiger partial charge in [-0.25, -0.2) is 13.2 Å². The Bertz CT molecular complexity index is 1050. The maximum absolute atomic E-state index is 14.2. The molecule has 3 rings (SSSR count). The van der Waals surface area contributed by atoms with Gasteiger partial charge in [0.05, 0.1) is 6.61 Å². The topological polar surface area (TPSA) is 9.23 Å². The van der Waals surface area contributed by atoms with Crippen LogP contribution in [0.5, 0.6) is 5.75 Å². The molecule has 0 N–H and O–H groups in total. The van der Waals surface area contributed by atoms with Crippen LogP contribution < -0.4 is 4.74 Å². The predicted molar refractivity (Wildman–Crippen MR) is 113 cm³/mol. The van der Waals surface area contributed by atoms with Gasteiger partial charge in [-0.05, 0) is 42.7 Å². The minimum Gasteiger partial charge on any atom is -0.491 e. The fraction of sp³-hybridized carbons (Fsp3) is 0.120. The molecule has 0 fully saturated rings. The number of hydrogen-bond acceptors (Lipinski definition) is 1. The summed E-state index contributed by atoms with van der Waals surface area (Å²) in [5.41, 5.74) is 2.78. The fourth-order valence-electron chi connectivity index (χ4n) is 2.94. The van der Waals surface area contributed by atoms with Crippen LogP contribution in [0.4, 0.5) is 13.2 Å². The number of ether oxygens (including phenoxy) is 1. The van der Waals surface area contributed by atoms with E-state index in [4.69, 9.17) is 4.74 Å². The zero-order valence-corrected chi connectivity index (χ0v) is 16.3. The summed E-state index contributed by atoms with van der Waals surface area (Å²) >= 11 is 0. The summed E-state index contributed by atoms with van der Waals surface area (Å²) in [6.07, 6.45) is 6.42. The number of hydrogen-bond donors (Lipinski definition) is 0. The summed E-state index contributed by atoms with van der Waals surface area (Å²) in [5, 5.41) is 0. The lowest BCUT2D eigenvalue weighted by molar-refractivity contribution is 0.321. The van der Waals surface area contributed by atoms with Crippen LogP contribution in [-0.4, -0.2) is 6.61 Å². The first kappa shape index (κ1) is 20.5. The Morgan fingerprint density at radius 2 is 1.38 bits per heavy atom. The Labute approximate surface area is 168 Å². The molecular formula is C25H21F3O. The molecule has 0 saturated carbocycles. The third-order valence-corrected chi connectivity index (χ3v) is 4.42. The van der Waals surface area contributed by atoms with Crippen molar-refractivity contribution in [1.29, 1.82) is 0 Å². The molecule has 3 aromatic carbocycles. The molecule has 148 valence electrons. The van der Waals surface area contributed by atoms with Crippen molar-refractivity contribution < 1.29 is 17.9 Å². The molecule has 0 spiro atoms. The van der Waals surface area contributed by atoms with E-state index < -0.39 is 17.5 Å². The standard InChI is InChI=1S/C25H21F3O/c1-3-5-19-12-13-20(25(28)24(19)27)11-8-17-6-9-18(10-7-17)21-14-15-23(29-4-2)22(26)16-21/h3,5-16H,4H2,1-2H3. The highest BCUT2D eigenvalue weighted by Crippen LogP contribution is 2.26. The molecule has 0 aliphatic rings. The van der Waals surface area contributed by atoms with Crippen LogP contribution in [0.25, 0.3) is 29.4 Å². The minimum absolute atomic E-state index is 0.174. The SMILES string of the molecule is CC=Cc1ccc(C=Cc2ccc(-c3ccc(OCC)c(F)c3)cc2)c(F)c1F. The average molecular weight is 394 g/mol. The molecule has 1 nitrogen and oxygen atoms in total. The molecule has 0 aliphatic heterocycles. The highest BCUT2D eigenvalue weighted by molar-refractivity contribution is 5.73. The maximum atomic E-state index is 14.2. The van der Waals surface area contributed by atoms with Gasteiger partial charge in [-0.15, -0.1) is 0 Å². The van der Waals surface area contributed by atoms with Crippen molar-refractivity contribution in [2.45, 2.75) is 13.8 Å². The van der Waals surface area contributed by atoms with Crippen LogP contribution in [0.15, 0.2) is 60.7 Å². The van der Waals surface area contributed by atoms with Gasteiger partial charge in [-0.1, -0.05) is 66.8 Å². The van der Waals surface area contributed by atoms with Gasteiger partial charge in [0.1, 0.15) is 0 Å². The molecule has 4 heteroatoms. The van der Waals surface area contributed by atoms with Crippen molar-refractivity contribution in [3.05, 3.63) is 94.8 Å². The Hall–Kier alpha value is -3.27. The van der Waals surface area contributed by atoms with Gasteiger partial charge in [-0.2, -0.15) is 0 Å². The van der Waals surface area contributed by atoms with Gasteiger partial charge in [0.15, 0.2) is 23.2 Å². The van der Waals surface area contributed by atoms with Gasteiger partial charge in [0, 0.05) is 11.1 Å². The normalized spacial score (nSPS) is 11.5. The van der Waals surface area contributed by atoms with Crippen LogP contribution in [-0.2, 0) is 0 Å². The minimum atomic E-state index is -0.877. The Morgan fingerprint density at radius 1 is 0.759 bits per heavy atom. The Morgan fingerprint density at radius 3 is 1.97 bits per heavy atom. The van der Waals surface area contributed by atoms with E-state index in [1.54, 1.807) is 50.3 Å². The molecule has 29 heavy (non-hydrogen) atoms. The lowest BCUT2D eigenvalue weighted by Crippen LogP contribution is -1.94. The van der Waals surface area contributed by atoms with Crippen LogP contribution in [0.3, 0.4) is 0 Å². The fourth-order valence-corrected chi connectivity index (χ4v) is 2.94. The summed E-state index contributed by atoms with van der Waals surface area (Å²) in [6.45, 7) is 3.95. The predicted octanol–water partition coefficient (Wildman–Crippen LogP) is 7.37. The molecular weight excluding hydrogens is 373 g/mol. The van der Waals surface area contributed by atoms with E-state index in [9.17, 15) is 13.2 Å². The van der Waals surface area contributed by atoms with Gasteiger partial charge < -0.3 is 4.74 Å². The van der Waals surface area contributed by atoms with Crippen molar-refractivity contribution >= 4 is 18.2 Å². The largest absolute Gasteiger partial charge is 0.491 e. The van der Waals surface area contributed by atoms with E-state index in [1.165, 1.54) is 18.2 Å². The van der Waals surface area contributed by atoms with Gasteiger partial charge >= 0.3 is 0 Å². The second kappa shape index (κ2) is 9.28. The Kier molecular flexibility index (Phi) is 6.55. The monoisotopic (exact) mass is 394 g/mol. The summed E-state index contributed by atoms with van der Waals surface area (Å²) in [6, 6.07) is 15.3. The second-order valence-corrected chi connectivity index (χ2v) is 6.41. The summed E-state index contributed by atoms with van der Waals surface area (Å²) in [7, 11) is 0. The van der Waals surface area contributed by atoms with Gasteiger partial charge in [-0.3, -0.25) is 0 Å². The van der Waals surface area contributed by atoms with Crippen LogP contribution >= 0.6 is 0 Å². The van der Waals surface area contributed by atoms with Crippen LogP contribution in [0, 0.1) is 17.5 Å². The second-order valence-electron chi connectivity index (χ2n) is 6.41. The summed E-state index contributed by atoms with van der Waals surface area (Å²) < 4.78 is 47.5. The van der Waals surface area contributed by atoms with Crippen LogP contribution in [0.1, 0.15) is 30.5 Å². The Balaban J connectivity index is 1.79. The number of halogens is 3. The molecule has 0 aromatic heterocycles. The zero-order valence-electron chi connectivity index (χ0n) is 16.3. The molecule has 0 unspecified atom stereocenters. The maximum Gasteiger partial charge on any atom is 0.166 e. The van der Waals surface area contributed by atoms with E-state index in [0.717, 1.165) is 16.7 Å². The summed E-state index contributed by atoms with van der Waals surface area (Å²) in [5.74, 6) is -1.92. The summed E-state index contributed by atoms with van der Waals surface area (Å²) in [4.78, 5) is 0. The first-order chi connectivity index (χ1) is 14.0. The van der Waals surface area contributed by atoms with Crippen molar-refractivity contribution in [2.24, 2.45) is 0 Å². The van der Waals surface area contributed by atoms with E-state index in [-0.39, 0.29) is 16.9 Å². The zero-order chi connectivity index (χ0) is 20.8. The first-order valence-corrected chi connectivity index (χ1v) is 9.35. The third kappa shape index (κ3) is 4.77. The third-order valence-electron chi connectivity index (χ3n) is 4.42. The van der Waals surface area contributed by atoms with Gasteiger partial charge in [0.25, 0.3) is 0 Å². The van der Waals surface area contributed by atoms with E-state index in [2.05, 4.69) is 0 Å². The van der Waals surface area contributed by atoms with Crippen molar-refractivity contribution in [1.82, 2.24) is 0 Å². The van der Waals surface area contributed by atoms with Crippen molar-refractivity contribution in [2.75, 3.05) is 6.61 Å². The van der Waals surface area contributed by atoms with Crippen molar-refractivity contribution in [3.63, 3.8) is 0 Å². The number of allylic oxidation sites excluding steroid dienone is 1. The highest BCUT2D eigenvalue weighted by Gasteiger charge is 2.10. The van der Waals surface area contributed by atoms with Gasteiger partial charge in [0.2, 0.25) is 0 Å². The molecule has 0 bridgehead atoms. The van der Waals surface area contributed by atoms with E-state index >= 15 is 0 Å². The molecule has 3 aromatic rings. The average Bonchev–Trinajstić information content (AvgIpc) is 2.73. The molecule has 0 atom stereocenters. The van der Waals surface area contributed by atoms with Crippen LogP contribution in [0.2, 0.25) is 0 Å². The highest BCUT2D eigenvalue weighted by atomic mass is 19.2. The first-order valence-electron chi connectivity index (χ1n) is 9.35. The molecule has 0 radical (unpaired) electrons. The molecule has 0 saturated heterocycles. The number of rotatable bonds is 6. The molecule has 0 heterocycles. The molecule has 0 aliphatic carbocycles. The quantitative estimate of drug-likeness (QED) is 0.397. The molecule has 0 amide bonds. The smallest absolute Gasteiger partial charge is 0.166 e. The lowest BCUT2D eigenvalue weighted by atomic mass is 10.0. The van der Waals surface area contributed by atoms with E-state index in [1.807, 2.05) is 24.3 Å². The lowest BCUT2D eigenvalue weighted by Gasteiger charge is -2.07.